The van der Waals surface area contributed by atoms with Crippen LogP contribution in [0.1, 0.15) is 38.8 Å². The van der Waals surface area contributed by atoms with Gasteiger partial charge >= 0.3 is 0 Å². The number of nitrogens with zero attached hydrogens (tertiary/aromatic N) is 1. The molecule has 18 heavy (non-hydrogen) atoms. The van der Waals surface area contributed by atoms with Gasteiger partial charge in [0.2, 0.25) is 0 Å². The summed E-state index contributed by atoms with van der Waals surface area (Å²) in [5.74, 6) is -0.108. The number of rotatable bonds is 8. The number of nitrogens with one attached hydrogen (secondary N) is 1. The minimum atomic E-state index is -0.108. The van der Waals surface area contributed by atoms with Crippen LogP contribution in [-0.2, 0) is 0 Å². The molecule has 0 heterocycles. The molecule has 0 fully saturated rings. The van der Waals surface area contributed by atoms with E-state index in [0.29, 0.717) is 0 Å². The Bertz CT molecular complexity index is 337. The lowest BCUT2D eigenvalue weighted by Gasteiger charge is -2.24. The molecule has 3 heteroatoms. The predicted molar refractivity (Wildman–Crippen MR) is 75.2 cm³/mol. The molecule has 1 atom stereocenters. The maximum absolute atomic E-state index is 13.8. The van der Waals surface area contributed by atoms with Crippen LogP contribution in [-0.4, -0.2) is 31.1 Å². The number of halogens is 1. The Morgan fingerprint density at radius 1 is 1.17 bits per heavy atom. The lowest BCUT2D eigenvalue weighted by atomic mass is 10.0. The first kappa shape index (κ1) is 15.1. The Morgan fingerprint density at radius 3 is 2.39 bits per heavy atom. The molecule has 0 amide bonds. The van der Waals surface area contributed by atoms with Gasteiger partial charge in [0.05, 0.1) is 0 Å². The molecule has 1 rings (SSSR count). The average molecular weight is 252 g/mol. The van der Waals surface area contributed by atoms with Gasteiger partial charge in [-0.15, -0.1) is 0 Å². The summed E-state index contributed by atoms with van der Waals surface area (Å²) in [5, 5.41) is 3.38. The SMILES string of the molecule is CCNC(CCN(CC)CC)c1ccccc1F. The number of hydrogen-bond donors (Lipinski definition) is 1. The molecular formula is C15H25FN2. The molecule has 0 aliphatic rings. The first-order chi connectivity index (χ1) is 8.72. The molecule has 0 saturated heterocycles. The van der Waals surface area contributed by atoms with Gasteiger partial charge in [-0.05, 0) is 38.7 Å². The highest BCUT2D eigenvalue weighted by molar-refractivity contribution is 5.21. The minimum Gasteiger partial charge on any atom is -0.310 e. The van der Waals surface area contributed by atoms with E-state index in [1.165, 1.54) is 6.07 Å². The fourth-order valence-electron chi connectivity index (χ4n) is 2.22. The number of hydrogen-bond acceptors (Lipinski definition) is 2. The quantitative estimate of drug-likeness (QED) is 0.764. The van der Waals surface area contributed by atoms with Crippen molar-refractivity contribution < 1.29 is 4.39 Å². The second-order valence-electron chi connectivity index (χ2n) is 4.45. The summed E-state index contributed by atoms with van der Waals surface area (Å²) in [6.07, 6.45) is 0.941. The highest BCUT2D eigenvalue weighted by Crippen LogP contribution is 2.20. The van der Waals surface area contributed by atoms with Crippen molar-refractivity contribution in [1.82, 2.24) is 10.2 Å². The zero-order valence-electron chi connectivity index (χ0n) is 11.7. The van der Waals surface area contributed by atoms with Gasteiger partial charge in [-0.25, -0.2) is 4.39 Å². The van der Waals surface area contributed by atoms with Gasteiger partial charge in [0.15, 0.2) is 0 Å². The van der Waals surface area contributed by atoms with E-state index in [1.54, 1.807) is 6.07 Å². The molecule has 1 aromatic carbocycles. The molecule has 0 radical (unpaired) electrons. The molecule has 1 N–H and O–H groups in total. The maximum Gasteiger partial charge on any atom is 0.127 e. The van der Waals surface area contributed by atoms with Gasteiger partial charge in [0.25, 0.3) is 0 Å². The molecule has 0 aliphatic heterocycles. The van der Waals surface area contributed by atoms with Crippen LogP contribution in [0.3, 0.4) is 0 Å². The fraction of sp³-hybridized carbons (Fsp3) is 0.600. The van der Waals surface area contributed by atoms with Crippen LogP contribution in [0, 0.1) is 5.82 Å². The average Bonchev–Trinajstić information content (AvgIpc) is 2.39. The van der Waals surface area contributed by atoms with Gasteiger partial charge in [-0.2, -0.15) is 0 Å². The molecule has 2 nitrogen and oxygen atoms in total. The normalized spacial score (nSPS) is 12.9. The highest BCUT2D eigenvalue weighted by Gasteiger charge is 2.14. The fourth-order valence-corrected chi connectivity index (χ4v) is 2.22. The standard InChI is InChI=1S/C15H25FN2/c1-4-17-15(11-12-18(5-2)6-3)13-9-7-8-10-14(13)16/h7-10,15,17H,4-6,11-12H2,1-3H3. The lowest BCUT2D eigenvalue weighted by molar-refractivity contribution is 0.281. The van der Waals surface area contributed by atoms with Crippen molar-refractivity contribution in [3.05, 3.63) is 35.6 Å². The smallest absolute Gasteiger partial charge is 0.127 e. The topological polar surface area (TPSA) is 15.3 Å². The van der Waals surface area contributed by atoms with Crippen molar-refractivity contribution in [3.8, 4) is 0 Å². The van der Waals surface area contributed by atoms with Crippen LogP contribution in [0.15, 0.2) is 24.3 Å². The van der Waals surface area contributed by atoms with Crippen molar-refractivity contribution >= 4 is 0 Å². The van der Waals surface area contributed by atoms with Crippen LogP contribution < -0.4 is 5.32 Å². The van der Waals surface area contributed by atoms with E-state index < -0.39 is 0 Å². The Morgan fingerprint density at radius 2 is 1.83 bits per heavy atom. The summed E-state index contributed by atoms with van der Waals surface area (Å²) in [5.41, 5.74) is 0.784. The highest BCUT2D eigenvalue weighted by atomic mass is 19.1. The van der Waals surface area contributed by atoms with E-state index in [1.807, 2.05) is 12.1 Å². The molecule has 1 unspecified atom stereocenters. The molecule has 0 aliphatic carbocycles. The van der Waals surface area contributed by atoms with Crippen LogP contribution in [0.4, 0.5) is 4.39 Å². The van der Waals surface area contributed by atoms with Crippen molar-refractivity contribution in [2.75, 3.05) is 26.2 Å². The Hall–Kier alpha value is -0.930. The van der Waals surface area contributed by atoms with E-state index >= 15 is 0 Å². The van der Waals surface area contributed by atoms with Gasteiger partial charge in [0.1, 0.15) is 5.82 Å². The zero-order chi connectivity index (χ0) is 13.4. The van der Waals surface area contributed by atoms with Crippen LogP contribution in [0.25, 0.3) is 0 Å². The van der Waals surface area contributed by atoms with E-state index in [0.717, 1.165) is 38.2 Å². The molecule has 0 saturated carbocycles. The van der Waals surface area contributed by atoms with E-state index in [4.69, 9.17) is 0 Å². The van der Waals surface area contributed by atoms with Crippen molar-refractivity contribution in [2.45, 2.75) is 33.2 Å². The van der Waals surface area contributed by atoms with E-state index in [-0.39, 0.29) is 11.9 Å². The predicted octanol–water partition coefficient (Wildman–Crippen LogP) is 3.21. The minimum absolute atomic E-state index is 0.108. The monoisotopic (exact) mass is 252 g/mol. The molecule has 0 aromatic heterocycles. The summed E-state index contributed by atoms with van der Waals surface area (Å²) in [6, 6.07) is 7.17. The maximum atomic E-state index is 13.8. The largest absolute Gasteiger partial charge is 0.310 e. The summed E-state index contributed by atoms with van der Waals surface area (Å²) in [6.45, 7) is 10.3. The summed E-state index contributed by atoms with van der Waals surface area (Å²) >= 11 is 0. The Kier molecular flexibility index (Phi) is 6.91. The summed E-state index contributed by atoms with van der Waals surface area (Å²) in [7, 11) is 0. The van der Waals surface area contributed by atoms with Gasteiger partial charge in [-0.3, -0.25) is 0 Å². The molecule has 102 valence electrons. The van der Waals surface area contributed by atoms with Crippen LogP contribution >= 0.6 is 0 Å². The van der Waals surface area contributed by atoms with E-state index in [9.17, 15) is 4.39 Å². The second kappa shape index (κ2) is 8.22. The first-order valence-corrected chi connectivity index (χ1v) is 6.93. The zero-order valence-corrected chi connectivity index (χ0v) is 11.7. The Balaban J connectivity index is 2.68. The number of benzene rings is 1. The second-order valence-corrected chi connectivity index (χ2v) is 4.45. The van der Waals surface area contributed by atoms with Crippen LogP contribution in [0.5, 0.6) is 0 Å². The van der Waals surface area contributed by atoms with Gasteiger partial charge < -0.3 is 10.2 Å². The third-order valence-electron chi connectivity index (χ3n) is 3.36. The summed E-state index contributed by atoms with van der Waals surface area (Å²) in [4.78, 5) is 2.37. The Labute approximate surface area is 110 Å². The van der Waals surface area contributed by atoms with Crippen molar-refractivity contribution in [2.24, 2.45) is 0 Å². The molecule has 1 aromatic rings. The summed E-state index contributed by atoms with van der Waals surface area (Å²) < 4.78 is 13.8. The van der Waals surface area contributed by atoms with Gasteiger partial charge in [-0.1, -0.05) is 39.0 Å². The van der Waals surface area contributed by atoms with Crippen LogP contribution in [0.2, 0.25) is 0 Å². The molecule has 0 spiro atoms. The van der Waals surface area contributed by atoms with E-state index in [2.05, 4.69) is 31.0 Å². The van der Waals surface area contributed by atoms with Crippen molar-refractivity contribution in [3.63, 3.8) is 0 Å². The molecular weight excluding hydrogens is 227 g/mol. The third kappa shape index (κ3) is 4.39. The lowest BCUT2D eigenvalue weighted by Crippen LogP contribution is -2.29. The van der Waals surface area contributed by atoms with Gasteiger partial charge in [0, 0.05) is 11.6 Å². The third-order valence-corrected chi connectivity index (χ3v) is 3.36. The van der Waals surface area contributed by atoms with Crippen molar-refractivity contribution in [1.29, 1.82) is 0 Å². The molecule has 0 bridgehead atoms. The first-order valence-electron chi connectivity index (χ1n) is 6.93.